The topological polar surface area (TPSA) is 32.3 Å². The minimum atomic E-state index is 0.0330. The van der Waals surface area contributed by atoms with E-state index in [2.05, 4.69) is 5.32 Å². The van der Waals surface area contributed by atoms with E-state index in [9.17, 15) is 4.79 Å². The summed E-state index contributed by atoms with van der Waals surface area (Å²) in [5.41, 5.74) is 1.65. The van der Waals surface area contributed by atoms with Gasteiger partial charge in [-0.15, -0.1) is 0 Å². The highest BCUT2D eigenvalue weighted by Gasteiger charge is 2.19. The number of benzene rings is 1. The van der Waals surface area contributed by atoms with Gasteiger partial charge >= 0.3 is 0 Å². The first-order valence-electron chi connectivity index (χ1n) is 6.33. The van der Waals surface area contributed by atoms with Crippen molar-refractivity contribution in [3.05, 3.63) is 34.3 Å². The Morgan fingerprint density at radius 2 is 2.33 bits per heavy atom. The van der Waals surface area contributed by atoms with Crippen molar-refractivity contribution in [1.82, 2.24) is 10.2 Å². The van der Waals surface area contributed by atoms with Gasteiger partial charge in [0.1, 0.15) is 0 Å². The number of aryl methyl sites for hydroxylation is 1. The van der Waals surface area contributed by atoms with Gasteiger partial charge in [-0.05, 0) is 44.0 Å². The van der Waals surface area contributed by atoms with Crippen LogP contribution in [-0.4, -0.2) is 37.0 Å². The third-order valence-corrected chi connectivity index (χ3v) is 3.83. The highest BCUT2D eigenvalue weighted by Crippen LogP contribution is 2.18. The van der Waals surface area contributed by atoms with Gasteiger partial charge in [0.15, 0.2) is 0 Å². The molecule has 1 aromatic carbocycles. The average molecular weight is 267 g/mol. The molecule has 98 valence electrons. The molecule has 1 aromatic rings. The van der Waals surface area contributed by atoms with Crippen LogP contribution in [0.3, 0.4) is 0 Å². The minimum Gasteiger partial charge on any atom is -0.340 e. The van der Waals surface area contributed by atoms with Crippen LogP contribution in [0, 0.1) is 6.92 Å². The predicted octanol–water partition coefficient (Wildman–Crippen LogP) is 2.47. The molecule has 1 atom stereocenters. The normalized spacial score (nSPS) is 18.9. The third kappa shape index (κ3) is 3.03. The fourth-order valence-corrected chi connectivity index (χ4v) is 2.45. The van der Waals surface area contributed by atoms with Crippen LogP contribution in [0.4, 0.5) is 0 Å². The molecule has 0 radical (unpaired) electrons. The van der Waals surface area contributed by atoms with Crippen LogP contribution in [0.1, 0.15) is 28.8 Å². The van der Waals surface area contributed by atoms with Crippen LogP contribution in [0.5, 0.6) is 0 Å². The summed E-state index contributed by atoms with van der Waals surface area (Å²) in [6, 6.07) is 5.90. The Balaban J connectivity index is 2.02. The molecule has 1 aliphatic heterocycles. The lowest BCUT2D eigenvalue weighted by atomic mass is 10.1. The maximum atomic E-state index is 12.2. The van der Waals surface area contributed by atoms with Crippen LogP contribution in [0.2, 0.25) is 5.02 Å². The fourth-order valence-electron chi connectivity index (χ4n) is 2.27. The first kappa shape index (κ1) is 13.4. The van der Waals surface area contributed by atoms with Gasteiger partial charge in [0.2, 0.25) is 0 Å². The molecule has 0 aromatic heterocycles. The van der Waals surface area contributed by atoms with Crippen molar-refractivity contribution < 1.29 is 4.79 Å². The lowest BCUT2D eigenvalue weighted by Gasteiger charge is -2.21. The number of likely N-dealkylation sites (N-methyl/N-ethyl adjacent to an activating group) is 1. The monoisotopic (exact) mass is 266 g/mol. The first-order valence-corrected chi connectivity index (χ1v) is 6.70. The molecule has 1 saturated heterocycles. The van der Waals surface area contributed by atoms with Crippen LogP contribution in [0.15, 0.2) is 18.2 Å². The number of carbonyl (C=O) groups is 1. The van der Waals surface area contributed by atoms with Crippen molar-refractivity contribution in [3.8, 4) is 0 Å². The first-order chi connectivity index (χ1) is 8.58. The van der Waals surface area contributed by atoms with Gasteiger partial charge in [-0.1, -0.05) is 17.7 Å². The highest BCUT2D eigenvalue weighted by molar-refractivity contribution is 6.31. The minimum absolute atomic E-state index is 0.0330. The van der Waals surface area contributed by atoms with Crippen molar-refractivity contribution in [2.24, 2.45) is 0 Å². The van der Waals surface area contributed by atoms with E-state index in [1.54, 1.807) is 11.0 Å². The summed E-state index contributed by atoms with van der Waals surface area (Å²) in [4.78, 5) is 14.0. The molecule has 1 fully saturated rings. The molecule has 18 heavy (non-hydrogen) atoms. The number of hydrogen-bond donors (Lipinski definition) is 1. The summed E-state index contributed by atoms with van der Waals surface area (Å²) in [7, 11) is 1.84. The fraction of sp³-hybridized carbons (Fsp3) is 0.500. The molecule has 1 N–H and O–H groups in total. The lowest BCUT2D eigenvalue weighted by molar-refractivity contribution is 0.0784. The van der Waals surface area contributed by atoms with Gasteiger partial charge < -0.3 is 10.2 Å². The number of nitrogens with zero attached hydrogens (tertiary/aromatic N) is 1. The molecule has 0 spiro atoms. The van der Waals surface area contributed by atoms with Crippen LogP contribution >= 0.6 is 11.6 Å². The van der Waals surface area contributed by atoms with Crippen molar-refractivity contribution in [3.63, 3.8) is 0 Å². The van der Waals surface area contributed by atoms with E-state index in [-0.39, 0.29) is 5.91 Å². The third-order valence-electron chi connectivity index (χ3n) is 3.42. The summed E-state index contributed by atoms with van der Waals surface area (Å²) in [5, 5.41) is 4.04. The van der Waals surface area contributed by atoms with E-state index in [0.717, 1.165) is 25.1 Å². The molecule has 3 nitrogen and oxygen atoms in total. The maximum Gasteiger partial charge on any atom is 0.253 e. The quantitative estimate of drug-likeness (QED) is 0.912. The Kier molecular flexibility index (Phi) is 4.25. The Bertz CT molecular complexity index is 441. The van der Waals surface area contributed by atoms with E-state index < -0.39 is 0 Å². The van der Waals surface area contributed by atoms with Gasteiger partial charge in [-0.3, -0.25) is 4.79 Å². The summed E-state index contributed by atoms with van der Waals surface area (Å²) in [5.74, 6) is 0.0330. The lowest BCUT2D eigenvalue weighted by Crippen LogP contribution is -2.38. The zero-order valence-corrected chi connectivity index (χ0v) is 11.6. The van der Waals surface area contributed by atoms with E-state index in [1.807, 2.05) is 26.1 Å². The molecule has 2 rings (SSSR count). The van der Waals surface area contributed by atoms with Gasteiger partial charge in [0.25, 0.3) is 5.91 Å². The molecule has 0 aliphatic carbocycles. The predicted molar refractivity (Wildman–Crippen MR) is 74.2 cm³/mol. The number of hydrogen-bond acceptors (Lipinski definition) is 2. The molecule has 1 aliphatic rings. The summed E-state index contributed by atoms with van der Waals surface area (Å²) < 4.78 is 0. The molecule has 0 bridgehead atoms. The summed E-state index contributed by atoms with van der Waals surface area (Å²) in [6.07, 6.45) is 2.34. The number of halogens is 1. The molecule has 1 unspecified atom stereocenters. The second-order valence-electron chi connectivity index (χ2n) is 4.94. The van der Waals surface area contributed by atoms with Crippen molar-refractivity contribution >= 4 is 17.5 Å². The Hall–Kier alpha value is -1.06. The standard InChI is InChI=1S/C14H19ClN2O/c1-10-5-6-11(8-13(10)15)14(18)17(2)9-12-4-3-7-16-12/h5-6,8,12,16H,3-4,7,9H2,1-2H3. The van der Waals surface area contributed by atoms with Gasteiger partial charge in [-0.25, -0.2) is 0 Å². The smallest absolute Gasteiger partial charge is 0.253 e. The van der Waals surface area contributed by atoms with Crippen LogP contribution in [0.25, 0.3) is 0 Å². The average Bonchev–Trinajstić information content (AvgIpc) is 2.84. The Labute approximate surface area is 113 Å². The molecule has 1 heterocycles. The van der Waals surface area contributed by atoms with Gasteiger partial charge in [-0.2, -0.15) is 0 Å². The molecule has 4 heteroatoms. The zero-order valence-electron chi connectivity index (χ0n) is 10.9. The number of carbonyl (C=O) groups excluding carboxylic acids is 1. The zero-order chi connectivity index (χ0) is 13.1. The largest absolute Gasteiger partial charge is 0.340 e. The van der Waals surface area contributed by atoms with Crippen molar-refractivity contribution in [2.45, 2.75) is 25.8 Å². The van der Waals surface area contributed by atoms with Gasteiger partial charge in [0.05, 0.1) is 0 Å². The van der Waals surface area contributed by atoms with Crippen molar-refractivity contribution in [1.29, 1.82) is 0 Å². The molecular weight excluding hydrogens is 248 g/mol. The molecule has 1 amide bonds. The van der Waals surface area contributed by atoms with Crippen molar-refractivity contribution in [2.75, 3.05) is 20.1 Å². The number of nitrogens with one attached hydrogen (secondary N) is 1. The second kappa shape index (κ2) is 5.72. The van der Waals surface area contributed by atoms with E-state index in [1.165, 1.54) is 6.42 Å². The Morgan fingerprint density at radius 3 is 2.94 bits per heavy atom. The van der Waals surface area contributed by atoms with Gasteiger partial charge in [0, 0.05) is 30.2 Å². The SMILES string of the molecule is Cc1ccc(C(=O)N(C)CC2CCCN2)cc1Cl. The maximum absolute atomic E-state index is 12.2. The van der Waals surface area contributed by atoms with E-state index >= 15 is 0 Å². The van der Waals surface area contributed by atoms with E-state index in [4.69, 9.17) is 11.6 Å². The van der Waals surface area contributed by atoms with E-state index in [0.29, 0.717) is 16.6 Å². The summed E-state index contributed by atoms with van der Waals surface area (Å²) in [6.45, 7) is 3.75. The van der Waals surface area contributed by atoms with Crippen LogP contribution < -0.4 is 5.32 Å². The highest BCUT2D eigenvalue weighted by atomic mass is 35.5. The number of amides is 1. The van der Waals surface area contributed by atoms with Crippen LogP contribution in [-0.2, 0) is 0 Å². The molecule has 0 saturated carbocycles. The second-order valence-corrected chi connectivity index (χ2v) is 5.35. The summed E-state index contributed by atoms with van der Waals surface area (Å²) >= 11 is 6.05. The molecular formula is C14H19ClN2O. The number of rotatable bonds is 3. The Morgan fingerprint density at radius 1 is 1.56 bits per heavy atom.